The van der Waals surface area contributed by atoms with Crippen molar-refractivity contribution in [3.63, 3.8) is 0 Å². The number of anilines is 3. The molecule has 2 heterocycles. The average Bonchev–Trinajstić information content (AvgIpc) is 3.07. The fourth-order valence-corrected chi connectivity index (χ4v) is 4.61. The lowest BCUT2D eigenvalue weighted by molar-refractivity contribution is 0.100. The first kappa shape index (κ1) is 20.3. The highest BCUT2D eigenvalue weighted by molar-refractivity contribution is 6.09. The molecular formula is C24H27N7O. The summed E-state index contributed by atoms with van der Waals surface area (Å²) in [6.07, 6.45) is 5.69. The zero-order chi connectivity index (χ0) is 22.2. The molecule has 0 spiro atoms. The first-order valence-electron chi connectivity index (χ1n) is 10.9. The van der Waals surface area contributed by atoms with Gasteiger partial charge in [-0.3, -0.25) is 4.79 Å². The molecule has 32 heavy (non-hydrogen) atoms. The van der Waals surface area contributed by atoms with Crippen molar-refractivity contribution in [1.29, 1.82) is 0 Å². The van der Waals surface area contributed by atoms with Crippen molar-refractivity contribution in [2.45, 2.75) is 37.8 Å². The van der Waals surface area contributed by atoms with Crippen LogP contribution in [-0.2, 0) is 7.05 Å². The van der Waals surface area contributed by atoms with Gasteiger partial charge < -0.3 is 26.7 Å². The van der Waals surface area contributed by atoms with Gasteiger partial charge in [-0.25, -0.2) is 4.98 Å². The van der Waals surface area contributed by atoms with Gasteiger partial charge in [0.05, 0.1) is 0 Å². The molecule has 1 amide bonds. The van der Waals surface area contributed by atoms with Gasteiger partial charge in [0.1, 0.15) is 11.4 Å². The molecule has 1 aliphatic rings. The van der Waals surface area contributed by atoms with Crippen LogP contribution >= 0.6 is 0 Å². The van der Waals surface area contributed by atoms with Crippen LogP contribution in [0.5, 0.6) is 0 Å². The Hall–Kier alpha value is -3.65. The van der Waals surface area contributed by atoms with E-state index in [1.54, 1.807) is 0 Å². The summed E-state index contributed by atoms with van der Waals surface area (Å²) in [5.41, 5.74) is 15.2. The predicted molar refractivity (Wildman–Crippen MR) is 128 cm³/mol. The van der Waals surface area contributed by atoms with Gasteiger partial charge in [-0.15, -0.1) is 0 Å². The number of benzene rings is 2. The van der Waals surface area contributed by atoms with Gasteiger partial charge in [0.2, 0.25) is 5.95 Å². The van der Waals surface area contributed by atoms with E-state index < -0.39 is 5.91 Å². The number of nitrogens with one attached hydrogen (secondary N) is 2. The van der Waals surface area contributed by atoms with E-state index >= 15 is 0 Å². The van der Waals surface area contributed by atoms with E-state index in [9.17, 15) is 4.79 Å². The van der Waals surface area contributed by atoms with E-state index in [4.69, 9.17) is 11.5 Å². The molecule has 0 saturated heterocycles. The Morgan fingerprint density at radius 1 is 1.09 bits per heavy atom. The maximum Gasteiger partial charge on any atom is 0.254 e. The Bertz CT molecular complexity index is 1310. The summed E-state index contributed by atoms with van der Waals surface area (Å²) in [4.78, 5) is 20.9. The normalized spacial score (nSPS) is 18.7. The number of fused-ring (bicyclic) bond motifs is 3. The minimum absolute atomic E-state index is 0.0633. The minimum atomic E-state index is -0.584. The monoisotopic (exact) mass is 429 g/mol. The number of hydrogen-bond acceptors (Lipinski definition) is 6. The van der Waals surface area contributed by atoms with Crippen LogP contribution in [0.15, 0.2) is 48.7 Å². The van der Waals surface area contributed by atoms with Gasteiger partial charge in [0, 0.05) is 52.8 Å². The molecule has 4 aromatic rings. The van der Waals surface area contributed by atoms with Crippen molar-refractivity contribution in [3.8, 4) is 0 Å². The van der Waals surface area contributed by atoms with Gasteiger partial charge in [0.25, 0.3) is 5.91 Å². The molecule has 0 unspecified atom stereocenters. The third-order valence-electron chi connectivity index (χ3n) is 6.36. The zero-order valence-electron chi connectivity index (χ0n) is 18.0. The number of hydrogen-bond donors (Lipinski definition) is 4. The number of carbonyl (C=O) groups excluding carboxylic acids is 1. The van der Waals surface area contributed by atoms with E-state index in [1.807, 2.05) is 18.2 Å². The van der Waals surface area contributed by atoms with E-state index in [0.717, 1.165) is 47.8 Å². The Labute approximate surface area is 186 Å². The number of para-hydroxylation sites is 1. The van der Waals surface area contributed by atoms with Crippen LogP contribution in [0, 0.1) is 0 Å². The number of carbonyl (C=O) groups is 1. The topological polar surface area (TPSA) is 124 Å². The molecule has 1 saturated carbocycles. The average molecular weight is 430 g/mol. The Kier molecular flexibility index (Phi) is 5.14. The summed E-state index contributed by atoms with van der Waals surface area (Å²) < 4.78 is 2.17. The molecule has 2 aromatic heterocycles. The number of aromatic nitrogens is 3. The molecule has 164 valence electrons. The zero-order valence-corrected chi connectivity index (χ0v) is 18.0. The van der Waals surface area contributed by atoms with Gasteiger partial charge in [-0.05, 0) is 37.1 Å². The van der Waals surface area contributed by atoms with Crippen molar-refractivity contribution in [2.75, 3.05) is 10.6 Å². The largest absolute Gasteiger partial charge is 0.365 e. The smallest absolute Gasteiger partial charge is 0.254 e. The SMILES string of the molecule is Cn1c2ccccc2c2cc(Nc3nc(N[C@@H]4CCCC[C@@H]4N)ncc3C(N)=O)ccc21. The van der Waals surface area contributed by atoms with Gasteiger partial charge in [0.15, 0.2) is 0 Å². The maximum absolute atomic E-state index is 12.0. The second-order valence-electron chi connectivity index (χ2n) is 8.45. The summed E-state index contributed by atoms with van der Waals surface area (Å²) in [5, 5.41) is 8.90. The minimum Gasteiger partial charge on any atom is -0.365 e. The van der Waals surface area contributed by atoms with Crippen molar-refractivity contribution >= 4 is 45.2 Å². The highest BCUT2D eigenvalue weighted by Gasteiger charge is 2.23. The number of rotatable bonds is 5. The number of nitrogens with two attached hydrogens (primary N) is 2. The molecular weight excluding hydrogens is 402 g/mol. The summed E-state index contributed by atoms with van der Waals surface area (Å²) >= 11 is 0. The van der Waals surface area contributed by atoms with Crippen molar-refractivity contribution in [3.05, 3.63) is 54.2 Å². The van der Waals surface area contributed by atoms with Crippen LogP contribution in [0.2, 0.25) is 0 Å². The van der Waals surface area contributed by atoms with Crippen LogP contribution in [0.4, 0.5) is 17.5 Å². The fraction of sp³-hybridized carbons (Fsp3) is 0.292. The molecule has 0 radical (unpaired) electrons. The first-order chi connectivity index (χ1) is 15.5. The standard InChI is InChI=1S/C24H27N7O/c1-31-20-9-5-2-6-15(20)16-12-14(10-11-21(16)31)28-23-17(22(26)32)13-27-24(30-23)29-19-8-4-3-7-18(19)25/h2,5-6,9-13,18-19H,3-4,7-8,25H2,1H3,(H2,26,32)(H2,27,28,29,30)/t18-,19+/m0/s1. The fourth-order valence-electron chi connectivity index (χ4n) is 4.61. The quantitative estimate of drug-likeness (QED) is 0.384. The third-order valence-corrected chi connectivity index (χ3v) is 6.36. The van der Waals surface area contributed by atoms with Gasteiger partial charge in [-0.2, -0.15) is 4.98 Å². The molecule has 8 heteroatoms. The molecule has 8 nitrogen and oxygen atoms in total. The van der Waals surface area contributed by atoms with E-state index in [1.165, 1.54) is 11.6 Å². The van der Waals surface area contributed by atoms with E-state index in [-0.39, 0.29) is 17.6 Å². The lowest BCUT2D eigenvalue weighted by atomic mass is 9.91. The summed E-state index contributed by atoms with van der Waals surface area (Å²) in [6, 6.07) is 14.5. The molecule has 1 fully saturated rings. The highest BCUT2D eigenvalue weighted by atomic mass is 16.1. The van der Waals surface area contributed by atoms with Crippen molar-refractivity contribution in [2.24, 2.45) is 18.5 Å². The van der Waals surface area contributed by atoms with Crippen molar-refractivity contribution < 1.29 is 4.79 Å². The second-order valence-corrected chi connectivity index (χ2v) is 8.45. The van der Waals surface area contributed by atoms with Crippen LogP contribution in [0.25, 0.3) is 21.8 Å². The van der Waals surface area contributed by atoms with Crippen LogP contribution < -0.4 is 22.1 Å². The Morgan fingerprint density at radius 2 is 1.88 bits per heavy atom. The van der Waals surface area contributed by atoms with Gasteiger partial charge in [-0.1, -0.05) is 31.0 Å². The second kappa shape index (κ2) is 8.12. The van der Waals surface area contributed by atoms with Gasteiger partial charge >= 0.3 is 0 Å². The maximum atomic E-state index is 12.0. The molecule has 2 aromatic carbocycles. The lowest BCUT2D eigenvalue weighted by Gasteiger charge is -2.29. The summed E-state index contributed by atoms with van der Waals surface area (Å²) in [6.45, 7) is 0. The van der Waals surface area contributed by atoms with Crippen molar-refractivity contribution in [1.82, 2.24) is 14.5 Å². The van der Waals surface area contributed by atoms with Crippen LogP contribution in [0.1, 0.15) is 36.0 Å². The molecule has 0 bridgehead atoms. The Morgan fingerprint density at radius 3 is 2.69 bits per heavy atom. The van der Waals surface area contributed by atoms with E-state index in [0.29, 0.717) is 11.8 Å². The predicted octanol–water partition coefficient (Wildman–Crippen LogP) is 3.65. The summed E-state index contributed by atoms with van der Waals surface area (Å²) in [5.74, 6) is 0.227. The summed E-state index contributed by atoms with van der Waals surface area (Å²) in [7, 11) is 2.06. The molecule has 5 rings (SSSR count). The lowest BCUT2D eigenvalue weighted by Crippen LogP contribution is -2.43. The van der Waals surface area contributed by atoms with E-state index in [2.05, 4.69) is 56.5 Å². The third kappa shape index (κ3) is 3.62. The molecule has 6 N–H and O–H groups in total. The highest BCUT2D eigenvalue weighted by Crippen LogP contribution is 2.31. The number of aryl methyl sites for hydroxylation is 1. The number of primary amides is 1. The Balaban J connectivity index is 1.50. The molecule has 1 aliphatic carbocycles. The molecule has 0 aliphatic heterocycles. The number of amides is 1. The van der Waals surface area contributed by atoms with Crippen LogP contribution in [-0.4, -0.2) is 32.5 Å². The number of nitrogens with zero attached hydrogens (tertiary/aromatic N) is 3. The van der Waals surface area contributed by atoms with Crippen LogP contribution in [0.3, 0.4) is 0 Å². The molecule has 2 atom stereocenters. The first-order valence-corrected chi connectivity index (χ1v) is 10.9.